The average molecular weight is 168 g/mol. The van der Waals surface area contributed by atoms with Crippen molar-refractivity contribution in [2.24, 2.45) is 0 Å². The molecule has 0 saturated carbocycles. The second-order valence-electron chi connectivity index (χ2n) is 2.90. The molecule has 3 nitrogen and oxygen atoms in total. The standard InChI is InChI=1S/C9H16N2O/c1-3-8(12)7-9-10-5-6-11(9)4-2/h5-6,8,12H,3-4,7H2,1-2H3. The molecule has 0 aliphatic heterocycles. The number of imidazole rings is 1. The van der Waals surface area contributed by atoms with Crippen LogP contribution in [-0.4, -0.2) is 20.8 Å². The van der Waals surface area contributed by atoms with E-state index in [2.05, 4.69) is 16.5 Å². The molecule has 68 valence electrons. The molecular formula is C9H16N2O. The Labute approximate surface area is 73.1 Å². The minimum absolute atomic E-state index is 0.252. The zero-order chi connectivity index (χ0) is 8.97. The highest BCUT2D eigenvalue weighted by atomic mass is 16.3. The van der Waals surface area contributed by atoms with Crippen molar-refractivity contribution in [2.75, 3.05) is 0 Å². The molecule has 12 heavy (non-hydrogen) atoms. The average Bonchev–Trinajstić information content (AvgIpc) is 2.51. The Bertz CT molecular complexity index is 232. The number of hydrogen-bond donors (Lipinski definition) is 1. The van der Waals surface area contributed by atoms with Gasteiger partial charge in [-0.3, -0.25) is 0 Å². The van der Waals surface area contributed by atoms with Crippen molar-refractivity contribution in [3.05, 3.63) is 18.2 Å². The molecule has 1 unspecified atom stereocenters. The molecule has 0 bridgehead atoms. The Balaban J connectivity index is 2.61. The van der Waals surface area contributed by atoms with Gasteiger partial charge in [0.25, 0.3) is 0 Å². The SMILES string of the molecule is CCC(O)Cc1nccn1CC. The lowest BCUT2D eigenvalue weighted by Crippen LogP contribution is -2.13. The van der Waals surface area contributed by atoms with Crippen LogP contribution in [0.25, 0.3) is 0 Å². The Morgan fingerprint density at radius 1 is 1.58 bits per heavy atom. The summed E-state index contributed by atoms with van der Waals surface area (Å²) in [7, 11) is 0. The van der Waals surface area contributed by atoms with Gasteiger partial charge in [0.15, 0.2) is 0 Å². The van der Waals surface area contributed by atoms with E-state index in [-0.39, 0.29) is 6.10 Å². The van der Waals surface area contributed by atoms with E-state index in [4.69, 9.17) is 0 Å². The normalized spacial score (nSPS) is 13.2. The van der Waals surface area contributed by atoms with Crippen LogP contribution in [0, 0.1) is 0 Å². The second kappa shape index (κ2) is 4.26. The summed E-state index contributed by atoms with van der Waals surface area (Å²) in [4.78, 5) is 4.18. The van der Waals surface area contributed by atoms with Crippen LogP contribution >= 0.6 is 0 Å². The molecule has 0 spiro atoms. The molecule has 0 radical (unpaired) electrons. The molecule has 0 aliphatic rings. The molecular weight excluding hydrogens is 152 g/mol. The molecule has 3 heteroatoms. The number of rotatable bonds is 4. The molecule has 0 fully saturated rings. The first kappa shape index (κ1) is 9.26. The van der Waals surface area contributed by atoms with E-state index in [0.29, 0.717) is 6.42 Å². The lowest BCUT2D eigenvalue weighted by Gasteiger charge is -2.08. The van der Waals surface area contributed by atoms with Crippen LogP contribution < -0.4 is 0 Å². The summed E-state index contributed by atoms with van der Waals surface area (Å²) in [5, 5.41) is 9.40. The number of aliphatic hydroxyl groups is 1. The summed E-state index contributed by atoms with van der Waals surface area (Å²) in [5.41, 5.74) is 0. The topological polar surface area (TPSA) is 38.1 Å². The first-order chi connectivity index (χ1) is 5.77. The predicted molar refractivity (Wildman–Crippen MR) is 47.9 cm³/mol. The quantitative estimate of drug-likeness (QED) is 0.734. The molecule has 1 rings (SSSR count). The van der Waals surface area contributed by atoms with Crippen molar-refractivity contribution in [2.45, 2.75) is 39.3 Å². The van der Waals surface area contributed by atoms with Crippen molar-refractivity contribution in [3.63, 3.8) is 0 Å². The largest absolute Gasteiger partial charge is 0.393 e. The maximum Gasteiger partial charge on any atom is 0.111 e. The smallest absolute Gasteiger partial charge is 0.111 e. The minimum atomic E-state index is -0.252. The summed E-state index contributed by atoms with van der Waals surface area (Å²) in [6, 6.07) is 0. The third-order valence-electron chi connectivity index (χ3n) is 2.03. The molecule has 0 saturated heterocycles. The van der Waals surface area contributed by atoms with Gasteiger partial charge in [-0.1, -0.05) is 6.92 Å². The first-order valence-electron chi connectivity index (χ1n) is 4.46. The van der Waals surface area contributed by atoms with Crippen molar-refractivity contribution in [3.8, 4) is 0 Å². The zero-order valence-corrected chi connectivity index (χ0v) is 7.70. The number of nitrogens with zero attached hydrogens (tertiary/aromatic N) is 2. The fourth-order valence-corrected chi connectivity index (χ4v) is 1.17. The van der Waals surface area contributed by atoms with Gasteiger partial charge in [-0.05, 0) is 13.3 Å². The van der Waals surface area contributed by atoms with Gasteiger partial charge in [-0.2, -0.15) is 0 Å². The monoisotopic (exact) mass is 168 g/mol. The van der Waals surface area contributed by atoms with E-state index in [1.165, 1.54) is 0 Å². The maximum atomic E-state index is 9.40. The summed E-state index contributed by atoms with van der Waals surface area (Å²) >= 11 is 0. The molecule has 1 atom stereocenters. The summed E-state index contributed by atoms with van der Waals surface area (Å²) < 4.78 is 2.05. The molecule has 0 amide bonds. The molecule has 0 aromatic carbocycles. The van der Waals surface area contributed by atoms with Crippen LogP contribution in [0.15, 0.2) is 12.4 Å². The van der Waals surface area contributed by atoms with Gasteiger partial charge < -0.3 is 9.67 Å². The van der Waals surface area contributed by atoms with Crippen LogP contribution in [-0.2, 0) is 13.0 Å². The number of hydrogen-bond acceptors (Lipinski definition) is 2. The van der Waals surface area contributed by atoms with Gasteiger partial charge >= 0.3 is 0 Å². The Morgan fingerprint density at radius 2 is 2.33 bits per heavy atom. The Morgan fingerprint density at radius 3 is 2.92 bits per heavy atom. The number of aromatic nitrogens is 2. The molecule has 1 aromatic rings. The maximum absolute atomic E-state index is 9.40. The van der Waals surface area contributed by atoms with E-state index in [1.54, 1.807) is 6.20 Å². The van der Waals surface area contributed by atoms with Gasteiger partial charge in [0, 0.05) is 25.4 Å². The number of aryl methyl sites for hydroxylation is 1. The molecule has 0 aliphatic carbocycles. The zero-order valence-electron chi connectivity index (χ0n) is 7.70. The lowest BCUT2D eigenvalue weighted by atomic mass is 10.2. The fourth-order valence-electron chi connectivity index (χ4n) is 1.17. The summed E-state index contributed by atoms with van der Waals surface area (Å²) in [6.45, 7) is 4.97. The highest BCUT2D eigenvalue weighted by molar-refractivity contribution is 4.93. The van der Waals surface area contributed by atoms with Crippen LogP contribution in [0.2, 0.25) is 0 Å². The van der Waals surface area contributed by atoms with Crippen molar-refractivity contribution >= 4 is 0 Å². The van der Waals surface area contributed by atoms with Gasteiger partial charge in [0.05, 0.1) is 6.10 Å². The minimum Gasteiger partial charge on any atom is -0.393 e. The van der Waals surface area contributed by atoms with E-state index < -0.39 is 0 Å². The van der Waals surface area contributed by atoms with Gasteiger partial charge in [0.2, 0.25) is 0 Å². The van der Waals surface area contributed by atoms with E-state index in [1.807, 2.05) is 13.1 Å². The molecule has 1 heterocycles. The van der Waals surface area contributed by atoms with Gasteiger partial charge in [-0.25, -0.2) is 4.98 Å². The Kier molecular flexibility index (Phi) is 3.29. The summed E-state index contributed by atoms with van der Waals surface area (Å²) in [5.74, 6) is 0.979. The third kappa shape index (κ3) is 2.08. The van der Waals surface area contributed by atoms with Crippen molar-refractivity contribution in [1.82, 2.24) is 9.55 Å². The molecule has 1 aromatic heterocycles. The van der Waals surface area contributed by atoms with Crippen molar-refractivity contribution in [1.29, 1.82) is 0 Å². The number of aliphatic hydroxyl groups excluding tert-OH is 1. The van der Waals surface area contributed by atoms with Crippen LogP contribution in [0.3, 0.4) is 0 Å². The summed E-state index contributed by atoms with van der Waals surface area (Å²) in [6.07, 6.45) is 4.92. The second-order valence-corrected chi connectivity index (χ2v) is 2.90. The van der Waals surface area contributed by atoms with E-state index >= 15 is 0 Å². The predicted octanol–water partition coefficient (Wildman–Crippen LogP) is 1.22. The Hall–Kier alpha value is -0.830. The van der Waals surface area contributed by atoms with Gasteiger partial charge in [0.1, 0.15) is 5.82 Å². The van der Waals surface area contributed by atoms with Crippen molar-refractivity contribution < 1.29 is 5.11 Å². The third-order valence-corrected chi connectivity index (χ3v) is 2.03. The lowest BCUT2D eigenvalue weighted by molar-refractivity contribution is 0.167. The van der Waals surface area contributed by atoms with Crippen LogP contribution in [0.4, 0.5) is 0 Å². The van der Waals surface area contributed by atoms with E-state index in [9.17, 15) is 5.11 Å². The fraction of sp³-hybridized carbons (Fsp3) is 0.667. The van der Waals surface area contributed by atoms with Crippen LogP contribution in [0.5, 0.6) is 0 Å². The molecule has 1 N–H and O–H groups in total. The highest BCUT2D eigenvalue weighted by Gasteiger charge is 2.06. The first-order valence-corrected chi connectivity index (χ1v) is 4.46. The van der Waals surface area contributed by atoms with Gasteiger partial charge in [-0.15, -0.1) is 0 Å². The van der Waals surface area contributed by atoms with E-state index in [0.717, 1.165) is 18.8 Å². The highest BCUT2D eigenvalue weighted by Crippen LogP contribution is 2.03. The van der Waals surface area contributed by atoms with Crippen LogP contribution in [0.1, 0.15) is 26.1 Å².